The minimum atomic E-state index is -0.345. The molecule has 0 aromatic heterocycles. The van der Waals surface area contributed by atoms with Gasteiger partial charge >= 0.3 is 6.03 Å². The molecule has 3 N–H and O–H groups in total. The van der Waals surface area contributed by atoms with Crippen molar-refractivity contribution in [1.82, 2.24) is 10.6 Å². The summed E-state index contributed by atoms with van der Waals surface area (Å²) < 4.78 is 0. The zero-order valence-corrected chi connectivity index (χ0v) is 9.59. The van der Waals surface area contributed by atoms with Crippen molar-refractivity contribution in [3.05, 3.63) is 35.9 Å². The molecule has 0 unspecified atom stereocenters. The molecule has 0 aliphatic carbocycles. The normalized spacial score (nSPS) is 9.56. The first kappa shape index (κ1) is 12.6. The second-order valence-electron chi connectivity index (χ2n) is 3.15. The number of aliphatic hydroxyl groups is 1. The third-order valence-electron chi connectivity index (χ3n) is 1.88. The number of carbonyl (C=O) groups excluding carboxylic acids is 1. The Hall–Kier alpha value is -1.46. The number of hydrogen-bond donors (Lipinski definition) is 3. The lowest BCUT2D eigenvalue weighted by atomic mass is 10.2. The SMILES string of the molecule is O=C(NCCCO)NC(=S)c1ccccc1. The largest absolute Gasteiger partial charge is 0.396 e. The van der Waals surface area contributed by atoms with Crippen LogP contribution in [-0.4, -0.2) is 29.3 Å². The Balaban J connectivity index is 2.37. The molecule has 86 valence electrons. The highest BCUT2D eigenvalue weighted by atomic mass is 32.1. The zero-order valence-electron chi connectivity index (χ0n) is 8.77. The molecule has 0 spiro atoms. The van der Waals surface area contributed by atoms with Gasteiger partial charge in [0, 0.05) is 18.7 Å². The maximum Gasteiger partial charge on any atom is 0.319 e. The summed E-state index contributed by atoms with van der Waals surface area (Å²) in [6.45, 7) is 0.489. The first-order valence-electron chi connectivity index (χ1n) is 4.99. The minimum Gasteiger partial charge on any atom is -0.396 e. The fraction of sp³-hybridized carbons (Fsp3) is 0.273. The van der Waals surface area contributed by atoms with Crippen molar-refractivity contribution in [2.24, 2.45) is 0 Å². The van der Waals surface area contributed by atoms with Crippen LogP contribution in [0.25, 0.3) is 0 Å². The Morgan fingerprint density at radius 3 is 2.62 bits per heavy atom. The van der Waals surface area contributed by atoms with Gasteiger partial charge in [0.2, 0.25) is 0 Å². The number of rotatable bonds is 4. The topological polar surface area (TPSA) is 61.4 Å². The van der Waals surface area contributed by atoms with Crippen LogP contribution in [-0.2, 0) is 0 Å². The van der Waals surface area contributed by atoms with Crippen LogP contribution in [0.1, 0.15) is 12.0 Å². The van der Waals surface area contributed by atoms with Crippen molar-refractivity contribution in [2.75, 3.05) is 13.2 Å². The maximum absolute atomic E-state index is 11.3. The predicted octanol–water partition coefficient (Wildman–Crippen LogP) is 1.04. The van der Waals surface area contributed by atoms with Gasteiger partial charge in [-0.25, -0.2) is 4.79 Å². The van der Waals surface area contributed by atoms with Gasteiger partial charge in [0.25, 0.3) is 0 Å². The van der Waals surface area contributed by atoms with Gasteiger partial charge in [-0.15, -0.1) is 0 Å². The molecular weight excluding hydrogens is 224 g/mol. The van der Waals surface area contributed by atoms with Gasteiger partial charge in [0.15, 0.2) is 0 Å². The summed E-state index contributed by atoms with van der Waals surface area (Å²) in [5, 5.41) is 13.7. The molecule has 0 heterocycles. The molecular formula is C11H14N2O2S. The van der Waals surface area contributed by atoms with Crippen molar-refractivity contribution in [1.29, 1.82) is 0 Å². The molecule has 0 aliphatic heterocycles. The van der Waals surface area contributed by atoms with E-state index in [4.69, 9.17) is 17.3 Å². The lowest BCUT2D eigenvalue weighted by molar-refractivity contribution is 0.242. The molecule has 0 atom stereocenters. The van der Waals surface area contributed by atoms with E-state index in [0.717, 1.165) is 5.56 Å². The fourth-order valence-corrected chi connectivity index (χ4v) is 1.32. The number of nitrogens with one attached hydrogen (secondary N) is 2. The number of carbonyl (C=O) groups is 1. The van der Waals surface area contributed by atoms with Gasteiger partial charge in [0.1, 0.15) is 4.99 Å². The number of amides is 2. The second-order valence-corrected chi connectivity index (χ2v) is 3.56. The van der Waals surface area contributed by atoms with Crippen molar-refractivity contribution in [3.8, 4) is 0 Å². The van der Waals surface area contributed by atoms with Gasteiger partial charge < -0.3 is 10.4 Å². The van der Waals surface area contributed by atoms with Crippen molar-refractivity contribution >= 4 is 23.2 Å². The van der Waals surface area contributed by atoms with Crippen LogP contribution in [0.2, 0.25) is 0 Å². The smallest absolute Gasteiger partial charge is 0.319 e. The third kappa shape index (κ3) is 4.37. The number of urea groups is 1. The average molecular weight is 238 g/mol. The lowest BCUT2D eigenvalue weighted by Crippen LogP contribution is -2.39. The summed E-state index contributed by atoms with van der Waals surface area (Å²) in [5.41, 5.74) is 0.801. The van der Waals surface area contributed by atoms with E-state index in [9.17, 15) is 4.79 Å². The molecule has 0 saturated heterocycles. The zero-order chi connectivity index (χ0) is 11.8. The van der Waals surface area contributed by atoms with Crippen molar-refractivity contribution < 1.29 is 9.90 Å². The highest BCUT2D eigenvalue weighted by Gasteiger charge is 2.04. The molecule has 16 heavy (non-hydrogen) atoms. The molecule has 0 radical (unpaired) electrons. The third-order valence-corrected chi connectivity index (χ3v) is 2.22. The van der Waals surface area contributed by atoms with E-state index in [1.165, 1.54) is 0 Å². The van der Waals surface area contributed by atoms with E-state index in [0.29, 0.717) is 18.0 Å². The van der Waals surface area contributed by atoms with Gasteiger partial charge in [-0.3, -0.25) is 5.32 Å². The predicted molar refractivity (Wildman–Crippen MR) is 66.4 cm³/mol. The van der Waals surface area contributed by atoms with E-state index in [2.05, 4.69) is 10.6 Å². The molecule has 5 heteroatoms. The van der Waals surface area contributed by atoms with Crippen LogP contribution in [0.4, 0.5) is 4.79 Å². The number of benzene rings is 1. The van der Waals surface area contributed by atoms with Crippen LogP contribution in [0.3, 0.4) is 0 Å². The lowest BCUT2D eigenvalue weighted by Gasteiger charge is -2.07. The molecule has 0 fully saturated rings. The Labute approximate surface area is 99.7 Å². The molecule has 0 bridgehead atoms. The summed E-state index contributed by atoms with van der Waals surface area (Å²) in [7, 11) is 0. The van der Waals surface area contributed by atoms with Crippen LogP contribution in [0.15, 0.2) is 30.3 Å². The summed E-state index contributed by atoms with van der Waals surface area (Å²) in [4.78, 5) is 11.7. The standard InChI is InChI=1S/C11H14N2O2S/c14-8-4-7-12-11(15)13-10(16)9-5-2-1-3-6-9/h1-3,5-6,14H,4,7-8H2,(H2,12,13,15,16). The molecule has 0 saturated carbocycles. The van der Waals surface area contributed by atoms with Gasteiger partial charge in [-0.1, -0.05) is 42.5 Å². The Kier molecular flexibility index (Phi) is 5.45. The molecule has 1 aromatic carbocycles. The molecule has 1 aromatic rings. The average Bonchev–Trinajstić information content (AvgIpc) is 2.30. The van der Waals surface area contributed by atoms with Gasteiger partial charge in [-0.2, -0.15) is 0 Å². The van der Waals surface area contributed by atoms with E-state index in [-0.39, 0.29) is 12.6 Å². The fourth-order valence-electron chi connectivity index (χ4n) is 1.09. The van der Waals surface area contributed by atoms with E-state index >= 15 is 0 Å². The summed E-state index contributed by atoms with van der Waals surface area (Å²) in [6, 6.07) is 8.90. The van der Waals surface area contributed by atoms with E-state index in [1.54, 1.807) is 0 Å². The van der Waals surface area contributed by atoms with Crippen molar-refractivity contribution in [3.63, 3.8) is 0 Å². The summed E-state index contributed by atoms with van der Waals surface area (Å²) >= 11 is 5.05. The van der Waals surface area contributed by atoms with Crippen LogP contribution in [0.5, 0.6) is 0 Å². The maximum atomic E-state index is 11.3. The first-order chi connectivity index (χ1) is 7.74. The Morgan fingerprint density at radius 1 is 1.31 bits per heavy atom. The van der Waals surface area contributed by atoms with E-state index in [1.807, 2.05) is 30.3 Å². The molecule has 2 amide bonds. The Bertz CT molecular complexity index is 354. The monoisotopic (exact) mass is 238 g/mol. The molecule has 0 aliphatic rings. The summed E-state index contributed by atoms with van der Waals surface area (Å²) in [5.74, 6) is 0. The Morgan fingerprint density at radius 2 is 2.00 bits per heavy atom. The number of aliphatic hydroxyl groups excluding tert-OH is 1. The highest BCUT2D eigenvalue weighted by Crippen LogP contribution is 1.98. The van der Waals surface area contributed by atoms with Gasteiger partial charge in [-0.05, 0) is 6.42 Å². The molecule has 4 nitrogen and oxygen atoms in total. The van der Waals surface area contributed by atoms with E-state index < -0.39 is 0 Å². The first-order valence-corrected chi connectivity index (χ1v) is 5.40. The van der Waals surface area contributed by atoms with Crippen LogP contribution < -0.4 is 10.6 Å². The van der Waals surface area contributed by atoms with Crippen molar-refractivity contribution in [2.45, 2.75) is 6.42 Å². The summed E-state index contributed by atoms with van der Waals surface area (Å²) in [6.07, 6.45) is 0.533. The van der Waals surface area contributed by atoms with Crippen LogP contribution >= 0.6 is 12.2 Å². The minimum absolute atomic E-state index is 0.0589. The molecule has 1 rings (SSSR count). The second kappa shape index (κ2) is 6.92. The van der Waals surface area contributed by atoms with Crippen LogP contribution in [0, 0.1) is 0 Å². The number of thiocarbonyl (C=S) groups is 1. The quantitative estimate of drug-likeness (QED) is 0.542. The highest BCUT2D eigenvalue weighted by molar-refractivity contribution is 7.80. The van der Waals surface area contributed by atoms with Gasteiger partial charge in [0.05, 0.1) is 0 Å². The number of hydrogen-bond acceptors (Lipinski definition) is 3.